The molecular formula is C11H10N2O2. The number of hydrogen-bond donors (Lipinski definition) is 1. The molecule has 1 aliphatic heterocycles. The van der Waals surface area contributed by atoms with E-state index in [0.717, 1.165) is 0 Å². The summed E-state index contributed by atoms with van der Waals surface area (Å²) in [6.07, 6.45) is 0. The number of carbonyl (C=O) groups is 1. The van der Waals surface area contributed by atoms with E-state index in [9.17, 15) is 4.79 Å². The number of amides is 1. The predicted octanol–water partition coefficient (Wildman–Crippen LogP) is 1.53. The van der Waals surface area contributed by atoms with E-state index in [2.05, 4.69) is 5.32 Å². The zero-order valence-corrected chi connectivity index (χ0v) is 8.28. The first kappa shape index (κ1) is 9.53. The third-order valence-corrected chi connectivity index (χ3v) is 2.30. The highest BCUT2D eigenvalue weighted by Crippen LogP contribution is 2.28. The second-order valence-corrected chi connectivity index (χ2v) is 3.52. The van der Waals surface area contributed by atoms with Gasteiger partial charge < -0.3 is 10.1 Å². The number of benzene rings is 1. The number of hydrogen-bond acceptors (Lipinski definition) is 3. The van der Waals surface area contributed by atoms with Gasteiger partial charge in [0.05, 0.1) is 29.8 Å². The van der Waals surface area contributed by atoms with Crippen LogP contribution < -0.4 is 10.1 Å². The molecule has 1 aromatic rings. The molecule has 1 atom stereocenters. The second kappa shape index (κ2) is 3.62. The number of fused-ring (bicyclic) bond motifs is 1. The molecule has 0 saturated carbocycles. The second-order valence-electron chi connectivity index (χ2n) is 3.52. The van der Waals surface area contributed by atoms with Crippen LogP contribution in [-0.4, -0.2) is 12.5 Å². The molecular weight excluding hydrogens is 192 g/mol. The molecule has 1 N–H and O–H groups in total. The van der Waals surface area contributed by atoms with Crippen LogP contribution in [0.2, 0.25) is 0 Å². The van der Waals surface area contributed by atoms with Crippen molar-refractivity contribution in [1.29, 1.82) is 5.26 Å². The minimum absolute atomic E-state index is 0.0798. The molecule has 0 bridgehead atoms. The van der Waals surface area contributed by atoms with Crippen molar-refractivity contribution >= 4 is 11.6 Å². The Morgan fingerprint density at radius 2 is 2.40 bits per heavy atom. The van der Waals surface area contributed by atoms with E-state index >= 15 is 0 Å². The van der Waals surface area contributed by atoms with Gasteiger partial charge in [0, 0.05) is 0 Å². The van der Waals surface area contributed by atoms with Crippen molar-refractivity contribution in [1.82, 2.24) is 0 Å². The first-order valence-electron chi connectivity index (χ1n) is 4.68. The number of anilines is 1. The van der Waals surface area contributed by atoms with Crippen molar-refractivity contribution in [2.75, 3.05) is 11.9 Å². The van der Waals surface area contributed by atoms with Crippen LogP contribution in [-0.2, 0) is 4.79 Å². The fourth-order valence-electron chi connectivity index (χ4n) is 1.37. The van der Waals surface area contributed by atoms with Gasteiger partial charge in [-0.15, -0.1) is 0 Å². The third kappa shape index (κ3) is 1.77. The van der Waals surface area contributed by atoms with Gasteiger partial charge in [-0.1, -0.05) is 6.92 Å². The molecule has 1 aromatic carbocycles. The Kier molecular flexibility index (Phi) is 2.30. The molecule has 0 fully saturated rings. The van der Waals surface area contributed by atoms with Crippen molar-refractivity contribution in [2.45, 2.75) is 6.92 Å². The Bertz CT molecular complexity index is 448. The predicted molar refractivity (Wildman–Crippen MR) is 54.4 cm³/mol. The van der Waals surface area contributed by atoms with E-state index in [1.807, 2.05) is 6.07 Å². The van der Waals surface area contributed by atoms with Crippen molar-refractivity contribution < 1.29 is 9.53 Å². The van der Waals surface area contributed by atoms with Crippen LogP contribution in [0.1, 0.15) is 12.5 Å². The highest BCUT2D eigenvalue weighted by molar-refractivity contribution is 5.94. The van der Waals surface area contributed by atoms with Gasteiger partial charge in [0.25, 0.3) is 0 Å². The van der Waals surface area contributed by atoms with Crippen LogP contribution in [0.25, 0.3) is 0 Å². The fraction of sp³-hybridized carbons (Fsp3) is 0.273. The summed E-state index contributed by atoms with van der Waals surface area (Å²) in [6.45, 7) is 2.16. The maximum atomic E-state index is 11.5. The number of rotatable bonds is 0. The lowest BCUT2D eigenvalue weighted by Gasteiger charge is -2.05. The first-order valence-corrected chi connectivity index (χ1v) is 4.68. The maximum absolute atomic E-state index is 11.5. The van der Waals surface area contributed by atoms with Crippen LogP contribution >= 0.6 is 0 Å². The quantitative estimate of drug-likeness (QED) is 0.693. The summed E-state index contributed by atoms with van der Waals surface area (Å²) in [7, 11) is 0. The molecule has 1 unspecified atom stereocenters. The molecule has 1 amide bonds. The fourth-order valence-corrected chi connectivity index (χ4v) is 1.37. The molecule has 1 aliphatic rings. The monoisotopic (exact) mass is 202 g/mol. The van der Waals surface area contributed by atoms with Crippen LogP contribution in [0.4, 0.5) is 5.69 Å². The van der Waals surface area contributed by atoms with E-state index < -0.39 is 0 Å². The minimum atomic E-state index is -0.178. The van der Waals surface area contributed by atoms with Crippen LogP contribution in [0, 0.1) is 17.2 Å². The summed E-state index contributed by atoms with van der Waals surface area (Å²) in [5.41, 5.74) is 1.08. The SMILES string of the molecule is CC1COc2ccc(C#N)cc2NC1=O. The average Bonchev–Trinajstić information content (AvgIpc) is 2.39. The molecule has 0 aromatic heterocycles. The summed E-state index contributed by atoms with van der Waals surface area (Å²) in [5.74, 6) is 0.360. The smallest absolute Gasteiger partial charge is 0.230 e. The van der Waals surface area contributed by atoms with Crippen molar-refractivity contribution in [2.24, 2.45) is 5.92 Å². The maximum Gasteiger partial charge on any atom is 0.230 e. The highest BCUT2D eigenvalue weighted by atomic mass is 16.5. The molecule has 0 radical (unpaired) electrons. The molecule has 4 heteroatoms. The van der Waals surface area contributed by atoms with Crippen molar-refractivity contribution in [3.8, 4) is 11.8 Å². The number of carbonyl (C=O) groups excluding carboxylic acids is 1. The lowest BCUT2D eigenvalue weighted by Crippen LogP contribution is -2.22. The number of nitrogens with one attached hydrogen (secondary N) is 1. The molecule has 15 heavy (non-hydrogen) atoms. The van der Waals surface area contributed by atoms with E-state index in [0.29, 0.717) is 23.6 Å². The zero-order valence-electron chi connectivity index (χ0n) is 8.28. The van der Waals surface area contributed by atoms with Crippen LogP contribution in [0.3, 0.4) is 0 Å². The summed E-state index contributed by atoms with van der Waals surface area (Å²) in [6, 6.07) is 7.00. The largest absolute Gasteiger partial charge is 0.491 e. The Morgan fingerprint density at radius 3 is 3.13 bits per heavy atom. The first-order chi connectivity index (χ1) is 7.20. The molecule has 2 rings (SSSR count). The van der Waals surface area contributed by atoms with Crippen molar-refractivity contribution in [3.63, 3.8) is 0 Å². The normalized spacial score (nSPS) is 19.2. The highest BCUT2D eigenvalue weighted by Gasteiger charge is 2.20. The molecule has 4 nitrogen and oxygen atoms in total. The Morgan fingerprint density at radius 1 is 1.60 bits per heavy atom. The lowest BCUT2D eigenvalue weighted by atomic mass is 10.2. The van der Waals surface area contributed by atoms with Crippen LogP contribution in [0.15, 0.2) is 18.2 Å². The molecule has 0 saturated heterocycles. The molecule has 1 heterocycles. The van der Waals surface area contributed by atoms with E-state index in [1.54, 1.807) is 25.1 Å². The summed E-state index contributed by atoms with van der Waals surface area (Å²) in [5, 5.41) is 11.5. The minimum Gasteiger partial charge on any atom is -0.491 e. The van der Waals surface area contributed by atoms with E-state index in [-0.39, 0.29) is 11.8 Å². The Labute approximate surface area is 87.5 Å². The zero-order chi connectivity index (χ0) is 10.8. The van der Waals surface area contributed by atoms with Gasteiger partial charge in [-0.25, -0.2) is 0 Å². The van der Waals surface area contributed by atoms with E-state index in [4.69, 9.17) is 10.00 Å². The third-order valence-electron chi connectivity index (χ3n) is 2.30. The van der Waals surface area contributed by atoms with Gasteiger partial charge in [0.15, 0.2) is 0 Å². The Hall–Kier alpha value is -2.02. The number of nitrogens with zero attached hydrogens (tertiary/aromatic N) is 1. The summed E-state index contributed by atoms with van der Waals surface area (Å²) >= 11 is 0. The van der Waals surface area contributed by atoms with Crippen molar-refractivity contribution in [3.05, 3.63) is 23.8 Å². The van der Waals surface area contributed by atoms with Crippen LogP contribution in [0.5, 0.6) is 5.75 Å². The molecule has 0 aliphatic carbocycles. The van der Waals surface area contributed by atoms with Gasteiger partial charge in [-0.2, -0.15) is 5.26 Å². The number of ether oxygens (including phenoxy) is 1. The summed E-state index contributed by atoms with van der Waals surface area (Å²) in [4.78, 5) is 11.5. The van der Waals surface area contributed by atoms with Gasteiger partial charge >= 0.3 is 0 Å². The molecule has 0 spiro atoms. The van der Waals surface area contributed by atoms with Gasteiger partial charge in [-0.3, -0.25) is 4.79 Å². The van der Waals surface area contributed by atoms with E-state index in [1.165, 1.54) is 0 Å². The van der Waals surface area contributed by atoms with Gasteiger partial charge in [0.1, 0.15) is 5.75 Å². The van der Waals surface area contributed by atoms with Gasteiger partial charge in [-0.05, 0) is 18.2 Å². The summed E-state index contributed by atoms with van der Waals surface area (Å²) < 4.78 is 5.44. The standard InChI is InChI=1S/C11H10N2O2/c1-7-6-15-10-3-2-8(5-12)4-9(10)13-11(7)14/h2-4,7H,6H2,1H3,(H,13,14). The Balaban J connectivity index is 2.40. The lowest BCUT2D eigenvalue weighted by molar-refractivity contribution is -0.119. The molecule has 76 valence electrons. The average molecular weight is 202 g/mol. The van der Waals surface area contributed by atoms with Gasteiger partial charge in [0.2, 0.25) is 5.91 Å². The topological polar surface area (TPSA) is 62.1 Å². The number of nitriles is 1.